The monoisotopic (exact) mass is 276 g/mol. The molecule has 110 valence electrons. The van der Waals surface area contributed by atoms with Crippen LogP contribution in [0.2, 0.25) is 0 Å². The number of nitrogens with one attached hydrogen (secondary N) is 2. The van der Waals surface area contributed by atoms with Gasteiger partial charge >= 0.3 is 0 Å². The first-order valence-electron chi connectivity index (χ1n) is 7.41. The third-order valence-electron chi connectivity index (χ3n) is 3.76. The fourth-order valence-corrected chi connectivity index (χ4v) is 2.34. The van der Waals surface area contributed by atoms with Gasteiger partial charge in [-0.15, -0.1) is 0 Å². The Morgan fingerprint density at radius 1 is 1.35 bits per heavy atom. The predicted molar refractivity (Wildman–Crippen MR) is 82.1 cm³/mol. The molecule has 1 saturated heterocycles. The van der Waals surface area contributed by atoms with Crippen molar-refractivity contribution in [2.75, 3.05) is 30.4 Å². The lowest BCUT2D eigenvalue weighted by molar-refractivity contribution is -0.115. The van der Waals surface area contributed by atoms with E-state index in [2.05, 4.69) is 17.6 Å². The van der Waals surface area contributed by atoms with Crippen LogP contribution in [0.25, 0.3) is 0 Å². The van der Waals surface area contributed by atoms with Gasteiger partial charge in [-0.2, -0.15) is 0 Å². The van der Waals surface area contributed by atoms with Crippen molar-refractivity contribution in [1.82, 2.24) is 0 Å². The van der Waals surface area contributed by atoms with Crippen molar-refractivity contribution in [2.24, 2.45) is 5.92 Å². The van der Waals surface area contributed by atoms with Gasteiger partial charge in [-0.05, 0) is 43.4 Å². The Labute approximate surface area is 120 Å². The average Bonchev–Trinajstić information content (AvgIpc) is 2.48. The second kappa shape index (κ2) is 7.29. The van der Waals surface area contributed by atoms with Crippen LogP contribution in [-0.2, 0) is 9.53 Å². The molecule has 1 aliphatic heterocycles. The van der Waals surface area contributed by atoms with E-state index in [1.54, 1.807) is 0 Å². The molecule has 1 heterocycles. The SMILES string of the molecule is CCC(=O)Nc1ccc(C)c(NCC2CCOCC2)c1. The highest BCUT2D eigenvalue weighted by Crippen LogP contribution is 2.22. The topological polar surface area (TPSA) is 50.4 Å². The highest BCUT2D eigenvalue weighted by Gasteiger charge is 2.13. The zero-order valence-corrected chi connectivity index (χ0v) is 12.4. The Balaban J connectivity index is 1.95. The van der Waals surface area contributed by atoms with Crippen molar-refractivity contribution >= 4 is 17.3 Å². The number of hydrogen-bond donors (Lipinski definition) is 2. The summed E-state index contributed by atoms with van der Waals surface area (Å²) in [6.45, 7) is 6.65. The van der Waals surface area contributed by atoms with Gasteiger partial charge in [0.2, 0.25) is 5.91 Å². The van der Waals surface area contributed by atoms with Crippen molar-refractivity contribution in [3.8, 4) is 0 Å². The van der Waals surface area contributed by atoms with Crippen molar-refractivity contribution < 1.29 is 9.53 Å². The number of anilines is 2. The molecular weight excluding hydrogens is 252 g/mol. The Morgan fingerprint density at radius 3 is 2.80 bits per heavy atom. The summed E-state index contributed by atoms with van der Waals surface area (Å²) in [7, 11) is 0. The predicted octanol–water partition coefficient (Wildman–Crippen LogP) is 3.18. The Bertz CT molecular complexity index is 454. The first-order valence-corrected chi connectivity index (χ1v) is 7.41. The normalized spacial score (nSPS) is 15.9. The van der Waals surface area contributed by atoms with E-state index in [0.717, 1.165) is 44.0 Å². The maximum atomic E-state index is 11.4. The Morgan fingerprint density at radius 2 is 2.10 bits per heavy atom. The fraction of sp³-hybridized carbons (Fsp3) is 0.562. The standard InChI is InChI=1S/C16H24N2O2/c1-3-16(19)18-14-5-4-12(2)15(10-14)17-11-13-6-8-20-9-7-13/h4-5,10,13,17H,3,6-9,11H2,1-2H3,(H,18,19). The van der Waals surface area contributed by atoms with Crippen LogP contribution in [0.15, 0.2) is 18.2 Å². The Hall–Kier alpha value is -1.55. The smallest absolute Gasteiger partial charge is 0.224 e. The molecule has 1 aromatic rings. The van der Waals surface area contributed by atoms with Crippen LogP contribution >= 0.6 is 0 Å². The van der Waals surface area contributed by atoms with Gasteiger partial charge in [0.05, 0.1) is 0 Å². The molecule has 4 heteroatoms. The van der Waals surface area contributed by atoms with E-state index in [9.17, 15) is 4.79 Å². The molecule has 0 spiro atoms. The molecular formula is C16H24N2O2. The quantitative estimate of drug-likeness (QED) is 0.868. The summed E-state index contributed by atoms with van der Waals surface area (Å²) >= 11 is 0. The van der Waals surface area contributed by atoms with Crippen LogP contribution in [0.3, 0.4) is 0 Å². The lowest BCUT2D eigenvalue weighted by Gasteiger charge is -2.23. The number of carbonyl (C=O) groups excluding carboxylic acids is 1. The van der Waals surface area contributed by atoms with Gasteiger partial charge < -0.3 is 15.4 Å². The number of carbonyl (C=O) groups is 1. The molecule has 0 atom stereocenters. The van der Waals surface area contributed by atoms with Gasteiger partial charge in [-0.3, -0.25) is 4.79 Å². The largest absolute Gasteiger partial charge is 0.384 e. The molecule has 0 bridgehead atoms. The minimum atomic E-state index is 0.0456. The second-order valence-corrected chi connectivity index (χ2v) is 5.37. The van der Waals surface area contributed by atoms with Gasteiger partial charge in [-0.1, -0.05) is 13.0 Å². The van der Waals surface area contributed by atoms with E-state index >= 15 is 0 Å². The molecule has 0 radical (unpaired) electrons. The molecule has 20 heavy (non-hydrogen) atoms. The average molecular weight is 276 g/mol. The summed E-state index contributed by atoms with van der Waals surface area (Å²) in [4.78, 5) is 11.4. The van der Waals surface area contributed by atoms with Crippen LogP contribution in [0.4, 0.5) is 11.4 Å². The molecule has 4 nitrogen and oxygen atoms in total. The Kier molecular flexibility index (Phi) is 5.41. The number of ether oxygens (including phenoxy) is 1. The van der Waals surface area contributed by atoms with Crippen LogP contribution in [-0.4, -0.2) is 25.7 Å². The van der Waals surface area contributed by atoms with Crippen LogP contribution in [0.1, 0.15) is 31.7 Å². The van der Waals surface area contributed by atoms with Crippen LogP contribution < -0.4 is 10.6 Å². The maximum Gasteiger partial charge on any atom is 0.224 e. The number of hydrogen-bond acceptors (Lipinski definition) is 3. The van der Waals surface area contributed by atoms with Crippen LogP contribution in [0.5, 0.6) is 0 Å². The molecule has 0 saturated carbocycles. The van der Waals surface area contributed by atoms with Crippen molar-refractivity contribution in [3.05, 3.63) is 23.8 Å². The molecule has 1 amide bonds. The lowest BCUT2D eigenvalue weighted by Crippen LogP contribution is -2.22. The number of aryl methyl sites for hydroxylation is 1. The minimum absolute atomic E-state index is 0.0456. The number of rotatable bonds is 5. The van der Waals surface area contributed by atoms with Gasteiger partial charge in [0, 0.05) is 37.6 Å². The van der Waals surface area contributed by atoms with E-state index in [4.69, 9.17) is 4.74 Å². The summed E-state index contributed by atoms with van der Waals surface area (Å²) in [6.07, 6.45) is 2.75. The molecule has 0 aliphatic carbocycles. The van der Waals surface area contributed by atoms with Crippen molar-refractivity contribution in [2.45, 2.75) is 33.1 Å². The van der Waals surface area contributed by atoms with Gasteiger partial charge in [-0.25, -0.2) is 0 Å². The molecule has 0 unspecified atom stereocenters. The maximum absolute atomic E-state index is 11.4. The summed E-state index contributed by atoms with van der Waals surface area (Å²) in [5, 5.41) is 6.41. The lowest BCUT2D eigenvalue weighted by atomic mass is 10.00. The van der Waals surface area contributed by atoms with Gasteiger partial charge in [0.1, 0.15) is 0 Å². The molecule has 2 N–H and O–H groups in total. The second-order valence-electron chi connectivity index (χ2n) is 5.37. The van der Waals surface area contributed by atoms with E-state index in [0.29, 0.717) is 12.3 Å². The fourth-order valence-electron chi connectivity index (χ4n) is 2.34. The first kappa shape index (κ1) is 14.9. The van der Waals surface area contributed by atoms with E-state index in [-0.39, 0.29) is 5.91 Å². The highest BCUT2D eigenvalue weighted by molar-refractivity contribution is 5.91. The van der Waals surface area contributed by atoms with Crippen LogP contribution in [0, 0.1) is 12.8 Å². The van der Waals surface area contributed by atoms with E-state index < -0.39 is 0 Å². The van der Waals surface area contributed by atoms with Crippen molar-refractivity contribution in [3.63, 3.8) is 0 Å². The number of amides is 1. The zero-order valence-electron chi connectivity index (χ0n) is 12.4. The number of benzene rings is 1. The minimum Gasteiger partial charge on any atom is -0.384 e. The van der Waals surface area contributed by atoms with E-state index in [1.165, 1.54) is 5.56 Å². The highest BCUT2D eigenvalue weighted by atomic mass is 16.5. The third-order valence-corrected chi connectivity index (χ3v) is 3.76. The molecule has 0 aromatic heterocycles. The van der Waals surface area contributed by atoms with Gasteiger partial charge in [0.15, 0.2) is 0 Å². The summed E-state index contributed by atoms with van der Waals surface area (Å²) in [6, 6.07) is 6.00. The summed E-state index contributed by atoms with van der Waals surface area (Å²) in [5.41, 5.74) is 3.16. The van der Waals surface area contributed by atoms with Crippen molar-refractivity contribution in [1.29, 1.82) is 0 Å². The van der Waals surface area contributed by atoms with Gasteiger partial charge in [0.25, 0.3) is 0 Å². The molecule has 1 fully saturated rings. The summed E-state index contributed by atoms with van der Waals surface area (Å²) < 4.78 is 5.38. The summed E-state index contributed by atoms with van der Waals surface area (Å²) in [5.74, 6) is 0.723. The molecule has 1 aliphatic rings. The third kappa shape index (κ3) is 4.23. The zero-order chi connectivity index (χ0) is 14.4. The molecule has 1 aromatic carbocycles. The molecule has 2 rings (SSSR count). The van der Waals surface area contributed by atoms with E-state index in [1.807, 2.05) is 25.1 Å². The first-order chi connectivity index (χ1) is 9.69.